The lowest BCUT2D eigenvalue weighted by molar-refractivity contribution is -0.151. The van der Waals surface area contributed by atoms with E-state index < -0.39 is 46.4 Å². The molecule has 1 N–H and O–H groups in total. The Morgan fingerprint density at radius 2 is 1.76 bits per heavy atom. The normalized spacial score (nSPS) is 28.3. The van der Waals surface area contributed by atoms with Crippen molar-refractivity contribution in [1.29, 1.82) is 0 Å². The van der Waals surface area contributed by atoms with Crippen LogP contribution in [0.1, 0.15) is 30.3 Å². The molecule has 0 amide bonds. The number of esters is 2. The fraction of sp³-hybridized carbons (Fsp3) is 0.684. The number of sulfonamides is 1. The van der Waals surface area contributed by atoms with Crippen molar-refractivity contribution in [3.05, 3.63) is 16.4 Å². The Bertz CT molecular complexity index is 1020. The Labute approximate surface area is 199 Å². The van der Waals surface area contributed by atoms with Gasteiger partial charge in [0.05, 0.1) is 23.9 Å². The van der Waals surface area contributed by atoms with Crippen LogP contribution in [0.3, 0.4) is 0 Å². The van der Waals surface area contributed by atoms with E-state index in [1.54, 1.807) is 0 Å². The predicted octanol–water partition coefficient (Wildman–Crippen LogP) is 0.330. The first-order valence-corrected chi connectivity index (χ1v) is 13.1. The van der Waals surface area contributed by atoms with Crippen molar-refractivity contribution in [2.75, 3.05) is 37.9 Å². The summed E-state index contributed by atoms with van der Waals surface area (Å²) in [5.41, 5.74) is 0.0408. The quantitative estimate of drug-likeness (QED) is 0.490. The van der Waals surface area contributed by atoms with Gasteiger partial charge < -0.3 is 24.3 Å². The summed E-state index contributed by atoms with van der Waals surface area (Å²) in [5, 5.41) is 3.16. The van der Waals surface area contributed by atoms with Gasteiger partial charge >= 0.3 is 11.9 Å². The van der Waals surface area contributed by atoms with Crippen molar-refractivity contribution < 1.29 is 37.0 Å². The summed E-state index contributed by atoms with van der Waals surface area (Å²) >= 11 is 3.28. The van der Waals surface area contributed by atoms with E-state index in [9.17, 15) is 18.0 Å². The molecule has 33 heavy (non-hydrogen) atoms. The molecule has 4 rings (SSSR count). The van der Waals surface area contributed by atoms with E-state index >= 15 is 0 Å². The second kappa shape index (κ2) is 9.78. The average molecular weight is 549 g/mol. The van der Waals surface area contributed by atoms with E-state index in [-0.39, 0.29) is 30.9 Å². The van der Waals surface area contributed by atoms with Crippen LogP contribution in [0.2, 0.25) is 0 Å². The maximum Gasteiger partial charge on any atom is 0.358 e. The van der Waals surface area contributed by atoms with E-state index in [0.717, 1.165) is 0 Å². The van der Waals surface area contributed by atoms with Crippen LogP contribution >= 0.6 is 15.9 Å². The number of hydrogen-bond acceptors (Lipinski definition) is 11. The van der Waals surface area contributed by atoms with E-state index in [0.29, 0.717) is 30.4 Å². The number of ether oxygens (including phenoxy) is 4. The van der Waals surface area contributed by atoms with Crippen molar-refractivity contribution in [2.45, 2.75) is 50.2 Å². The van der Waals surface area contributed by atoms with Crippen LogP contribution < -0.4 is 5.32 Å². The Morgan fingerprint density at radius 1 is 1.15 bits per heavy atom. The highest BCUT2D eigenvalue weighted by Crippen LogP contribution is 2.31. The van der Waals surface area contributed by atoms with Crippen molar-refractivity contribution >= 4 is 43.8 Å². The molecule has 4 atom stereocenters. The number of carbonyl (C=O) groups is 2. The molecule has 1 aromatic rings. The van der Waals surface area contributed by atoms with Gasteiger partial charge in [0.2, 0.25) is 16.0 Å². The van der Waals surface area contributed by atoms with Crippen molar-refractivity contribution in [1.82, 2.24) is 14.3 Å². The topological polar surface area (TPSA) is 146 Å². The van der Waals surface area contributed by atoms with Gasteiger partial charge in [-0.3, -0.25) is 4.79 Å². The van der Waals surface area contributed by atoms with E-state index in [1.807, 2.05) is 0 Å². The zero-order valence-corrected chi connectivity index (χ0v) is 20.5. The molecular weight excluding hydrogens is 524 g/mol. The van der Waals surface area contributed by atoms with Gasteiger partial charge in [-0.05, 0) is 28.8 Å². The molecule has 0 spiro atoms. The average Bonchev–Trinajstić information content (AvgIpc) is 3.32. The number of aromatic nitrogens is 2. The summed E-state index contributed by atoms with van der Waals surface area (Å²) in [5.74, 6) is -0.858. The number of nitrogens with zero attached hydrogens (tertiary/aromatic N) is 3. The van der Waals surface area contributed by atoms with Gasteiger partial charge in [0.1, 0.15) is 12.2 Å². The summed E-state index contributed by atoms with van der Waals surface area (Å²) in [7, 11) is -3.21. The molecule has 3 aliphatic rings. The molecule has 0 radical (unpaired) electrons. The Kier molecular flexibility index (Phi) is 7.19. The fourth-order valence-electron chi connectivity index (χ4n) is 4.13. The number of rotatable bonds is 6. The van der Waals surface area contributed by atoms with Crippen LogP contribution in [0.5, 0.6) is 0 Å². The second-order valence-electron chi connectivity index (χ2n) is 8.16. The van der Waals surface area contributed by atoms with Crippen LogP contribution in [0, 0.1) is 0 Å². The highest BCUT2D eigenvalue weighted by molar-refractivity contribution is 9.10. The minimum Gasteiger partial charge on any atom is -0.457 e. The summed E-state index contributed by atoms with van der Waals surface area (Å²) in [6.07, 6.45) is 1.61. The van der Waals surface area contributed by atoms with Gasteiger partial charge in [-0.2, -0.15) is 0 Å². The molecule has 3 saturated heterocycles. The van der Waals surface area contributed by atoms with Gasteiger partial charge in [0, 0.05) is 32.3 Å². The van der Waals surface area contributed by atoms with Crippen LogP contribution in [0.25, 0.3) is 0 Å². The maximum absolute atomic E-state index is 12.8. The smallest absolute Gasteiger partial charge is 0.358 e. The highest BCUT2D eigenvalue weighted by atomic mass is 79.9. The molecule has 4 heterocycles. The fourth-order valence-corrected chi connectivity index (χ4v) is 5.36. The molecule has 0 unspecified atom stereocenters. The van der Waals surface area contributed by atoms with Gasteiger partial charge in [-0.25, -0.2) is 27.5 Å². The van der Waals surface area contributed by atoms with Crippen molar-refractivity contribution in [2.24, 2.45) is 0 Å². The third-order valence-electron chi connectivity index (χ3n) is 5.73. The van der Waals surface area contributed by atoms with Gasteiger partial charge in [-0.1, -0.05) is 0 Å². The number of halogens is 1. The molecule has 0 aromatic carbocycles. The van der Waals surface area contributed by atoms with Gasteiger partial charge in [0.15, 0.2) is 17.9 Å². The monoisotopic (exact) mass is 548 g/mol. The number of piperidine rings is 1. The summed E-state index contributed by atoms with van der Waals surface area (Å²) in [6.45, 7) is 2.41. The second-order valence-corrected chi connectivity index (χ2v) is 11.0. The van der Waals surface area contributed by atoms with Gasteiger partial charge in [-0.15, -0.1) is 0 Å². The third-order valence-corrected chi connectivity index (χ3v) is 7.62. The molecule has 0 saturated carbocycles. The van der Waals surface area contributed by atoms with Crippen molar-refractivity contribution in [3.63, 3.8) is 0 Å². The van der Waals surface area contributed by atoms with Crippen LogP contribution in [-0.4, -0.2) is 97.6 Å². The Balaban J connectivity index is 1.36. The van der Waals surface area contributed by atoms with Crippen LogP contribution in [-0.2, 0) is 33.8 Å². The minimum atomic E-state index is -3.21. The molecule has 3 fully saturated rings. The Morgan fingerprint density at radius 3 is 2.33 bits per heavy atom. The minimum absolute atomic E-state index is 0.0258. The third kappa shape index (κ3) is 5.62. The zero-order chi connectivity index (χ0) is 23.8. The lowest BCUT2D eigenvalue weighted by atomic mass is 10.1. The molecule has 1 aromatic heterocycles. The predicted molar refractivity (Wildman–Crippen MR) is 117 cm³/mol. The molecule has 0 aliphatic carbocycles. The summed E-state index contributed by atoms with van der Waals surface area (Å²) < 4.78 is 47.2. The first-order valence-electron chi connectivity index (χ1n) is 10.5. The number of fused-ring (bicyclic) bond motifs is 1. The lowest BCUT2D eigenvalue weighted by Crippen LogP contribution is -2.42. The lowest BCUT2D eigenvalue weighted by Gasteiger charge is -2.30. The van der Waals surface area contributed by atoms with Gasteiger partial charge in [0.25, 0.3) is 0 Å². The standard InChI is InChI=1S/C19H25BrN4O8S/c1-10(25)31-13-8-29-17-14(9-30-16(13)17)32-18(26)15-12(20)7-21-19(23-15)22-11-3-5-24(6-4-11)33(2,27)28/h7,11,13-14,16-17H,3-6,8-9H2,1-2H3,(H,21,22,23)/t13-,14-,16+,17+/m0/s1. The Hall–Kier alpha value is -1.87. The molecular formula is C19H25BrN4O8S. The largest absolute Gasteiger partial charge is 0.457 e. The molecule has 0 bridgehead atoms. The number of carbonyl (C=O) groups excluding carboxylic acids is 2. The first-order chi connectivity index (χ1) is 15.6. The molecule has 14 heteroatoms. The SMILES string of the molecule is CC(=O)O[C@H]1CO[C@H]2[C@@H]1OC[C@@H]2OC(=O)c1nc(NC2CCN(S(C)(=O)=O)CC2)ncc1Br. The zero-order valence-electron chi connectivity index (χ0n) is 18.1. The van der Waals surface area contributed by atoms with E-state index in [2.05, 4.69) is 31.2 Å². The molecule has 3 aliphatic heterocycles. The maximum atomic E-state index is 12.8. The number of nitrogens with one attached hydrogen (secondary N) is 1. The van der Waals surface area contributed by atoms with Crippen LogP contribution in [0.15, 0.2) is 10.7 Å². The van der Waals surface area contributed by atoms with Crippen LogP contribution in [0.4, 0.5) is 5.95 Å². The molecule has 182 valence electrons. The van der Waals surface area contributed by atoms with E-state index in [4.69, 9.17) is 18.9 Å². The summed E-state index contributed by atoms with van der Waals surface area (Å²) in [4.78, 5) is 32.5. The van der Waals surface area contributed by atoms with E-state index in [1.165, 1.54) is 23.7 Å². The number of anilines is 1. The highest BCUT2D eigenvalue weighted by Gasteiger charge is 2.51. The first kappa shape index (κ1) is 24.3. The van der Waals surface area contributed by atoms with Crippen molar-refractivity contribution in [3.8, 4) is 0 Å². The molecule has 12 nitrogen and oxygen atoms in total. The summed E-state index contributed by atoms with van der Waals surface area (Å²) in [6, 6.07) is -0.0258. The number of hydrogen-bond donors (Lipinski definition) is 1.